The first-order chi connectivity index (χ1) is 7.66. The van der Waals surface area contributed by atoms with E-state index in [1.54, 1.807) is 12.4 Å². The summed E-state index contributed by atoms with van der Waals surface area (Å²) < 4.78 is 3.76. The van der Waals surface area contributed by atoms with Gasteiger partial charge in [-0.05, 0) is 6.92 Å². The molecule has 7 heteroatoms. The molecule has 0 atom stereocenters. The largest absolute Gasteiger partial charge is 0.362 e. The van der Waals surface area contributed by atoms with Crippen LogP contribution in [0.25, 0.3) is 0 Å². The van der Waals surface area contributed by atoms with Gasteiger partial charge in [-0.15, -0.1) is 5.10 Å². The zero-order valence-electron chi connectivity index (χ0n) is 9.30. The van der Waals surface area contributed by atoms with E-state index in [0.717, 1.165) is 16.4 Å². The summed E-state index contributed by atoms with van der Waals surface area (Å²) in [6.07, 6.45) is 3.43. The molecular weight excluding hydrogens is 224 g/mol. The summed E-state index contributed by atoms with van der Waals surface area (Å²) in [4.78, 5) is 10.6. The second-order valence-electron chi connectivity index (χ2n) is 3.50. The Balaban J connectivity index is 2.26. The highest BCUT2D eigenvalue weighted by Gasteiger charge is 2.06. The van der Waals surface area contributed by atoms with Crippen LogP contribution >= 0.6 is 11.5 Å². The van der Waals surface area contributed by atoms with E-state index in [2.05, 4.69) is 24.9 Å². The van der Waals surface area contributed by atoms with E-state index in [0.29, 0.717) is 5.95 Å². The molecule has 0 aromatic carbocycles. The summed E-state index contributed by atoms with van der Waals surface area (Å²) >= 11 is 1.27. The number of rotatable bonds is 3. The first kappa shape index (κ1) is 10.7. The molecule has 1 N–H and O–H groups in total. The molecule has 0 unspecified atom stereocenters. The molecule has 2 heterocycles. The molecule has 2 aromatic heterocycles. The van der Waals surface area contributed by atoms with E-state index >= 15 is 0 Å². The van der Waals surface area contributed by atoms with Crippen molar-refractivity contribution in [2.75, 3.05) is 24.3 Å². The van der Waals surface area contributed by atoms with Crippen molar-refractivity contribution in [3.05, 3.63) is 18.0 Å². The molecule has 0 amide bonds. The second-order valence-corrected chi connectivity index (χ2v) is 4.29. The maximum atomic E-state index is 4.40. The van der Waals surface area contributed by atoms with Crippen molar-refractivity contribution in [3.8, 4) is 0 Å². The van der Waals surface area contributed by atoms with Crippen molar-refractivity contribution >= 4 is 28.3 Å². The molecule has 0 aliphatic carbocycles. The van der Waals surface area contributed by atoms with Gasteiger partial charge in [0.1, 0.15) is 10.8 Å². The third-order valence-corrected chi connectivity index (χ3v) is 2.55. The minimum absolute atomic E-state index is 0.556. The molecule has 0 fully saturated rings. The van der Waals surface area contributed by atoms with Gasteiger partial charge < -0.3 is 10.2 Å². The van der Waals surface area contributed by atoms with Crippen molar-refractivity contribution in [2.24, 2.45) is 0 Å². The van der Waals surface area contributed by atoms with Gasteiger partial charge in [-0.25, -0.2) is 4.98 Å². The smallest absolute Gasteiger partial charge is 0.229 e. The van der Waals surface area contributed by atoms with Crippen LogP contribution < -0.4 is 10.2 Å². The van der Waals surface area contributed by atoms with Gasteiger partial charge in [0.25, 0.3) is 0 Å². The average molecular weight is 236 g/mol. The number of aromatic nitrogens is 4. The summed E-state index contributed by atoms with van der Waals surface area (Å²) in [6, 6.07) is 0. The minimum Gasteiger partial charge on any atom is -0.362 e. The molecule has 0 saturated heterocycles. The van der Waals surface area contributed by atoms with Gasteiger partial charge in [0.2, 0.25) is 5.95 Å². The fraction of sp³-hybridized carbons (Fsp3) is 0.333. The van der Waals surface area contributed by atoms with E-state index in [1.165, 1.54) is 11.5 Å². The Morgan fingerprint density at radius 3 is 2.75 bits per heavy atom. The lowest BCUT2D eigenvalue weighted by molar-refractivity contribution is 1.02. The van der Waals surface area contributed by atoms with Crippen molar-refractivity contribution in [3.63, 3.8) is 0 Å². The van der Waals surface area contributed by atoms with Gasteiger partial charge in [-0.1, -0.05) is 4.49 Å². The Bertz CT molecular complexity index is 467. The predicted molar refractivity (Wildman–Crippen MR) is 64.3 cm³/mol. The van der Waals surface area contributed by atoms with Gasteiger partial charge in [-0.3, -0.25) is 0 Å². The lowest BCUT2D eigenvalue weighted by Gasteiger charge is -2.14. The van der Waals surface area contributed by atoms with Crippen LogP contribution in [-0.4, -0.2) is 33.7 Å². The Morgan fingerprint density at radius 2 is 2.12 bits per heavy atom. The molecule has 0 saturated carbocycles. The molecule has 0 aliphatic heterocycles. The number of hydrogen-bond donors (Lipinski definition) is 1. The Hall–Kier alpha value is -1.76. The topological polar surface area (TPSA) is 66.8 Å². The maximum absolute atomic E-state index is 4.40. The third-order valence-electron chi connectivity index (χ3n) is 1.96. The van der Waals surface area contributed by atoms with E-state index in [1.807, 2.05) is 25.9 Å². The quantitative estimate of drug-likeness (QED) is 0.870. The van der Waals surface area contributed by atoms with Gasteiger partial charge in [-0.2, -0.15) is 4.98 Å². The second kappa shape index (κ2) is 4.40. The van der Waals surface area contributed by atoms with E-state index < -0.39 is 0 Å². The number of hydrogen-bond acceptors (Lipinski definition) is 7. The summed E-state index contributed by atoms with van der Waals surface area (Å²) in [7, 11) is 3.90. The summed E-state index contributed by atoms with van der Waals surface area (Å²) in [6.45, 7) is 1.98. The zero-order chi connectivity index (χ0) is 11.5. The third kappa shape index (κ3) is 2.25. The van der Waals surface area contributed by atoms with E-state index in [-0.39, 0.29) is 0 Å². The highest BCUT2D eigenvalue weighted by molar-refractivity contribution is 7.09. The Morgan fingerprint density at radius 1 is 1.31 bits per heavy atom. The molecular formula is C9H12N6S. The van der Waals surface area contributed by atoms with Crippen molar-refractivity contribution in [1.82, 2.24) is 19.6 Å². The first-order valence-corrected chi connectivity index (χ1v) is 5.49. The first-order valence-electron chi connectivity index (χ1n) is 4.72. The average Bonchev–Trinajstić information content (AvgIpc) is 2.73. The number of anilines is 3. The van der Waals surface area contributed by atoms with Crippen LogP contribution in [0.15, 0.2) is 12.4 Å². The molecule has 16 heavy (non-hydrogen) atoms. The fourth-order valence-electron chi connectivity index (χ4n) is 1.28. The zero-order valence-corrected chi connectivity index (χ0v) is 10.1. The van der Waals surface area contributed by atoms with Gasteiger partial charge in [0.15, 0.2) is 0 Å². The molecule has 6 nitrogen and oxygen atoms in total. The molecule has 2 rings (SSSR count). The van der Waals surface area contributed by atoms with Crippen LogP contribution in [0.2, 0.25) is 0 Å². The van der Waals surface area contributed by atoms with Gasteiger partial charge in [0, 0.05) is 37.4 Å². The number of nitrogens with zero attached hydrogens (tertiary/aromatic N) is 5. The number of aryl methyl sites for hydroxylation is 1. The predicted octanol–water partition coefficient (Wildman–Crippen LogP) is 1.45. The summed E-state index contributed by atoms with van der Waals surface area (Å²) in [5.74, 6) is 1.45. The Labute approximate surface area is 97.5 Å². The van der Waals surface area contributed by atoms with Crippen LogP contribution in [0.3, 0.4) is 0 Å². The van der Waals surface area contributed by atoms with Crippen molar-refractivity contribution in [2.45, 2.75) is 6.92 Å². The van der Waals surface area contributed by atoms with Crippen molar-refractivity contribution < 1.29 is 0 Å². The number of nitrogens with one attached hydrogen (secondary N) is 1. The Kier molecular flexibility index (Phi) is 2.95. The molecule has 2 aromatic rings. The molecule has 84 valence electrons. The van der Waals surface area contributed by atoms with E-state index in [4.69, 9.17) is 0 Å². The highest BCUT2D eigenvalue weighted by Crippen LogP contribution is 2.19. The van der Waals surface area contributed by atoms with Crippen LogP contribution in [0.1, 0.15) is 5.56 Å². The molecule has 0 bridgehead atoms. The lowest BCUT2D eigenvalue weighted by Crippen LogP contribution is -2.13. The normalized spacial score (nSPS) is 10.2. The summed E-state index contributed by atoms with van der Waals surface area (Å²) in [5, 5.41) is 7.61. The van der Waals surface area contributed by atoms with Crippen LogP contribution in [0.4, 0.5) is 16.8 Å². The van der Waals surface area contributed by atoms with Crippen LogP contribution in [0.5, 0.6) is 0 Å². The van der Waals surface area contributed by atoms with Crippen LogP contribution in [0, 0.1) is 6.92 Å². The standard InChI is InChI=1S/C9H12N6S/c1-6-4-10-9(13-8(6)15(2)3)12-7-5-11-14-16-7/h4-5H,1-3H3,(H,10,12,13). The maximum Gasteiger partial charge on any atom is 0.229 e. The lowest BCUT2D eigenvalue weighted by atomic mass is 10.3. The SMILES string of the molecule is Cc1cnc(Nc2cnns2)nc1N(C)C. The monoisotopic (exact) mass is 236 g/mol. The summed E-state index contributed by atoms with van der Waals surface area (Å²) in [5.41, 5.74) is 1.04. The minimum atomic E-state index is 0.556. The molecule has 0 aliphatic rings. The van der Waals surface area contributed by atoms with Gasteiger partial charge in [0.05, 0.1) is 6.20 Å². The molecule has 0 spiro atoms. The van der Waals surface area contributed by atoms with E-state index in [9.17, 15) is 0 Å². The van der Waals surface area contributed by atoms with Gasteiger partial charge >= 0.3 is 0 Å². The van der Waals surface area contributed by atoms with Crippen LogP contribution in [-0.2, 0) is 0 Å². The molecule has 0 radical (unpaired) electrons. The highest BCUT2D eigenvalue weighted by atomic mass is 32.1. The van der Waals surface area contributed by atoms with Crippen molar-refractivity contribution in [1.29, 1.82) is 0 Å². The fourth-order valence-corrected chi connectivity index (χ4v) is 1.69.